The van der Waals surface area contributed by atoms with Crippen LogP contribution in [-0.4, -0.2) is 5.11 Å². The fourth-order valence-electron chi connectivity index (χ4n) is 1.70. The minimum atomic E-state index is -0.388. The molecule has 0 aromatic heterocycles. The van der Waals surface area contributed by atoms with E-state index in [2.05, 4.69) is 18.7 Å². The first kappa shape index (κ1) is 9.47. The Morgan fingerprint density at radius 2 is 2.00 bits per heavy atom. The molecule has 0 heterocycles. The van der Waals surface area contributed by atoms with Crippen LogP contribution in [0.25, 0.3) is 0 Å². The van der Waals surface area contributed by atoms with Gasteiger partial charge in [0.25, 0.3) is 0 Å². The topological polar surface area (TPSA) is 20.2 Å². The second kappa shape index (κ2) is 3.97. The summed E-state index contributed by atoms with van der Waals surface area (Å²) in [5, 5.41) is 9.69. The van der Waals surface area contributed by atoms with Crippen molar-refractivity contribution in [3.05, 3.63) is 48.0 Å². The monoisotopic (exact) mass is 188 g/mol. The molecule has 1 fully saturated rings. The third-order valence-electron chi connectivity index (χ3n) is 2.76. The molecule has 1 saturated carbocycles. The highest BCUT2D eigenvalue weighted by molar-refractivity contribution is 5.29. The molecule has 1 aromatic rings. The van der Waals surface area contributed by atoms with Crippen molar-refractivity contribution in [1.29, 1.82) is 0 Å². The second-order valence-electron chi connectivity index (χ2n) is 3.98. The molecule has 1 unspecified atom stereocenters. The smallest absolute Gasteiger partial charge is 0.0824 e. The number of benzene rings is 1. The molecule has 1 N–H and O–H groups in total. The van der Waals surface area contributed by atoms with Crippen molar-refractivity contribution in [3.8, 4) is 0 Å². The summed E-state index contributed by atoms with van der Waals surface area (Å²) in [5.74, 6) is 0.792. The van der Waals surface area contributed by atoms with E-state index in [-0.39, 0.29) is 6.10 Å². The van der Waals surface area contributed by atoms with Gasteiger partial charge in [-0.15, -0.1) is 6.58 Å². The molecule has 1 aliphatic carbocycles. The lowest BCUT2D eigenvalue weighted by Crippen LogP contribution is -1.95. The van der Waals surface area contributed by atoms with E-state index in [0.717, 1.165) is 11.5 Å². The summed E-state index contributed by atoms with van der Waals surface area (Å²) < 4.78 is 0. The molecule has 1 aromatic carbocycles. The lowest BCUT2D eigenvalue weighted by molar-refractivity contribution is 0.181. The zero-order valence-corrected chi connectivity index (χ0v) is 8.32. The molecular weight excluding hydrogens is 172 g/mol. The summed E-state index contributed by atoms with van der Waals surface area (Å²) >= 11 is 0. The van der Waals surface area contributed by atoms with Gasteiger partial charge in [0.2, 0.25) is 0 Å². The third kappa shape index (κ3) is 2.05. The highest BCUT2D eigenvalue weighted by Gasteiger charge is 2.23. The number of aliphatic hydroxyl groups excluding tert-OH is 1. The van der Waals surface area contributed by atoms with Gasteiger partial charge in [0.05, 0.1) is 6.10 Å². The van der Waals surface area contributed by atoms with Gasteiger partial charge in [-0.1, -0.05) is 30.3 Å². The van der Waals surface area contributed by atoms with Crippen LogP contribution in [0.2, 0.25) is 0 Å². The van der Waals surface area contributed by atoms with Gasteiger partial charge < -0.3 is 5.11 Å². The van der Waals surface area contributed by atoms with E-state index >= 15 is 0 Å². The van der Waals surface area contributed by atoms with Gasteiger partial charge in [-0.25, -0.2) is 0 Å². The van der Waals surface area contributed by atoms with Crippen LogP contribution < -0.4 is 0 Å². The number of hydrogen-bond donors (Lipinski definition) is 1. The average molecular weight is 188 g/mol. The normalized spacial score (nSPS) is 17.8. The minimum absolute atomic E-state index is 0.388. The highest BCUT2D eigenvalue weighted by Crippen LogP contribution is 2.40. The van der Waals surface area contributed by atoms with Crippen LogP contribution in [0.4, 0.5) is 0 Å². The quantitative estimate of drug-likeness (QED) is 0.719. The predicted molar refractivity (Wildman–Crippen MR) is 58.2 cm³/mol. The summed E-state index contributed by atoms with van der Waals surface area (Å²) in [4.78, 5) is 0. The number of aliphatic hydroxyl groups is 1. The molecular formula is C13H16O. The zero-order valence-electron chi connectivity index (χ0n) is 8.32. The van der Waals surface area contributed by atoms with Crippen LogP contribution in [0.15, 0.2) is 36.9 Å². The molecule has 0 bridgehead atoms. The van der Waals surface area contributed by atoms with Gasteiger partial charge in [-0.05, 0) is 36.3 Å². The molecule has 14 heavy (non-hydrogen) atoms. The van der Waals surface area contributed by atoms with Gasteiger partial charge in [0.1, 0.15) is 0 Å². The Kier molecular flexibility index (Phi) is 2.69. The van der Waals surface area contributed by atoms with Crippen molar-refractivity contribution < 1.29 is 5.11 Å². The summed E-state index contributed by atoms with van der Waals surface area (Å²) in [6.07, 6.45) is 4.64. The van der Waals surface area contributed by atoms with Crippen molar-refractivity contribution in [2.75, 3.05) is 0 Å². The Balaban J connectivity index is 2.08. The van der Waals surface area contributed by atoms with Crippen molar-refractivity contribution in [1.82, 2.24) is 0 Å². The maximum atomic E-state index is 9.69. The Bertz CT molecular complexity index is 309. The van der Waals surface area contributed by atoms with E-state index in [1.54, 1.807) is 6.08 Å². The number of hydrogen-bond acceptors (Lipinski definition) is 1. The van der Waals surface area contributed by atoms with E-state index in [4.69, 9.17) is 0 Å². The van der Waals surface area contributed by atoms with E-state index in [0.29, 0.717) is 6.42 Å². The first-order chi connectivity index (χ1) is 6.81. The van der Waals surface area contributed by atoms with Crippen LogP contribution >= 0.6 is 0 Å². The summed E-state index contributed by atoms with van der Waals surface area (Å²) in [6.45, 7) is 3.62. The molecule has 1 atom stereocenters. The van der Waals surface area contributed by atoms with Crippen molar-refractivity contribution >= 4 is 0 Å². The van der Waals surface area contributed by atoms with E-state index in [1.807, 2.05) is 12.1 Å². The first-order valence-electron chi connectivity index (χ1n) is 5.20. The standard InChI is InChI=1S/C13H16O/c1-2-3-13(14)12-8-6-11(7-9-12)10-4-5-10/h2,6-10,13-14H,1,3-5H2. The molecule has 0 saturated heterocycles. The Morgan fingerprint density at radius 1 is 1.36 bits per heavy atom. The van der Waals surface area contributed by atoms with Crippen molar-refractivity contribution in [3.63, 3.8) is 0 Å². The lowest BCUT2D eigenvalue weighted by atomic mass is 10.0. The molecule has 1 nitrogen and oxygen atoms in total. The highest BCUT2D eigenvalue weighted by atomic mass is 16.3. The van der Waals surface area contributed by atoms with E-state index in [9.17, 15) is 5.11 Å². The van der Waals surface area contributed by atoms with Crippen molar-refractivity contribution in [2.24, 2.45) is 0 Å². The molecule has 2 rings (SSSR count). The Morgan fingerprint density at radius 3 is 2.50 bits per heavy atom. The minimum Gasteiger partial charge on any atom is -0.388 e. The molecule has 0 radical (unpaired) electrons. The van der Waals surface area contributed by atoms with Crippen LogP contribution in [0, 0.1) is 0 Å². The zero-order chi connectivity index (χ0) is 9.97. The van der Waals surface area contributed by atoms with Gasteiger partial charge in [0, 0.05) is 0 Å². The second-order valence-corrected chi connectivity index (χ2v) is 3.98. The van der Waals surface area contributed by atoms with Crippen LogP contribution in [-0.2, 0) is 0 Å². The van der Waals surface area contributed by atoms with Crippen molar-refractivity contribution in [2.45, 2.75) is 31.3 Å². The summed E-state index contributed by atoms with van der Waals surface area (Å²) in [7, 11) is 0. The molecule has 1 heteroatoms. The SMILES string of the molecule is C=CCC(O)c1ccc(C2CC2)cc1. The van der Waals surface area contributed by atoms with Crippen LogP contribution in [0.1, 0.15) is 42.4 Å². The number of rotatable bonds is 4. The molecule has 0 aliphatic heterocycles. The third-order valence-corrected chi connectivity index (χ3v) is 2.76. The van der Waals surface area contributed by atoms with Gasteiger partial charge in [-0.3, -0.25) is 0 Å². The Hall–Kier alpha value is -1.08. The summed E-state index contributed by atoms with van der Waals surface area (Å²) in [6, 6.07) is 8.34. The molecule has 0 amide bonds. The van der Waals surface area contributed by atoms with Crippen LogP contribution in [0.3, 0.4) is 0 Å². The lowest BCUT2D eigenvalue weighted by Gasteiger charge is -2.08. The van der Waals surface area contributed by atoms with Gasteiger partial charge in [-0.2, -0.15) is 0 Å². The first-order valence-corrected chi connectivity index (χ1v) is 5.20. The molecule has 1 aliphatic rings. The fourth-order valence-corrected chi connectivity index (χ4v) is 1.70. The van der Waals surface area contributed by atoms with Crippen LogP contribution in [0.5, 0.6) is 0 Å². The van der Waals surface area contributed by atoms with E-state index in [1.165, 1.54) is 18.4 Å². The van der Waals surface area contributed by atoms with E-state index < -0.39 is 0 Å². The average Bonchev–Trinajstić information content (AvgIpc) is 3.02. The maximum absolute atomic E-state index is 9.69. The maximum Gasteiger partial charge on any atom is 0.0824 e. The molecule has 74 valence electrons. The van der Waals surface area contributed by atoms with Gasteiger partial charge >= 0.3 is 0 Å². The van der Waals surface area contributed by atoms with Gasteiger partial charge in [0.15, 0.2) is 0 Å². The molecule has 0 spiro atoms. The Labute approximate surface area is 85.1 Å². The predicted octanol–water partition coefficient (Wildman–Crippen LogP) is 3.17. The largest absolute Gasteiger partial charge is 0.388 e. The summed E-state index contributed by atoms with van der Waals surface area (Å²) in [5.41, 5.74) is 2.41. The fraction of sp³-hybridized carbons (Fsp3) is 0.385.